The predicted molar refractivity (Wildman–Crippen MR) is 85.8 cm³/mol. The van der Waals surface area contributed by atoms with Crippen molar-refractivity contribution in [2.24, 2.45) is 0 Å². The van der Waals surface area contributed by atoms with E-state index in [1.165, 1.54) is 12.8 Å². The van der Waals surface area contributed by atoms with Gasteiger partial charge in [0.1, 0.15) is 12.4 Å². The summed E-state index contributed by atoms with van der Waals surface area (Å²) in [6.45, 7) is 0.247. The van der Waals surface area contributed by atoms with Crippen LogP contribution in [-0.2, 0) is 6.61 Å². The van der Waals surface area contributed by atoms with Gasteiger partial charge in [-0.25, -0.2) is 0 Å². The second-order valence-corrected chi connectivity index (χ2v) is 5.66. The normalized spacial score (nSPS) is 14.7. The maximum atomic E-state index is 12.1. The minimum absolute atomic E-state index is 0.152. The van der Waals surface area contributed by atoms with Crippen LogP contribution in [0.3, 0.4) is 0 Å². The van der Waals surface area contributed by atoms with Crippen molar-refractivity contribution in [2.75, 3.05) is 7.11 Å². The first kappa shape index (κ1) is 15.5. The van der Waals surface area contributed by atoms with E-state index >= 15 is 0 Å². The van der Waals surface area contributed by atoms with Crippen LogP contribution >= 0.6 is 0 Å². The van der Waals surface area contributed by atoms with Crippen molar-refractivity contribution in [1.82, 2.24) is 5.32 Å². The molecule has 0 aliphatic heterocycles. The smallest absolute Gasteiger partial charge is 0.287 e. The lowest BCUT2D eigenvalue weighted by molar-refractivity contribution is 0.0905. The maximum absolute atomic E-state index is 12.1. The molecule has 1 fully saturated rings. The van der Waals surface area contributed by atoms with Crippen LogP contribution in [0, 0.1) is 0 Å². The summed E-state index contributed by atoms with van der Waals surface area (Å²) in [7, 11) is 1.60. The third kappa shape index (κ3) is 3.86. The average molecular weight is 315 g/mol. The first-order chi connectivity index (χ1) is 11.3. The minimum Gasteiger partial charge on any atom is -0.493 e. The standard InChI is InChI=1S/C18H21NO4/c1-21-15-8-4-5-9-16(15)22-12-14-10-11-17(23-14)18(20)19-13-6-2-3-7-13/h4-5,8-11,13H,2-3,6-7,12H2,1H3,(H,19,20). The SMILES string of the molecule is COc1ccccc1OCc1ccc(C(=O)NC2CCCC2)o1. The van der Waals surface area contributed by atoms with E-state index in [1.807, 2.05) is 24.3 Å². The molecule has 0 bridgehead atoms. The average Bonchev–Trinajstić information content (AvgIpc) is 3.24. The van der Waals surface area contributed by atoms with Crippen LogP contribution < -0.4 is 14.8 Å². The van der Waals surface area contributed by atoms with Crippen molar-refractivity contribution in [2.45, 2.75) is 38.3 Å². The van der Waals surface area contributed by atoms with Crippen molar-refractivity contribution in [1.29, 1.82) is 0 Å². The highest BCUT2D eigenvalue weighted by atomic mass is 16.5. The molecule has 5 heteroatoms. The number of nitrogens with one attached hydrogen (secondary N) is 1. The number of methoxy groups -OCH3 is 1. The van der Waals surface area contributed by atoms with Crippen molar-refractivity contribution < 1.29 is 18.7 Å². The Balaban J connectivity index is 1.57. The Kier molecular flexibility index (Phi) is 4.86. The van der Waals surface area contributed by atoms with E-state index < -0.39 is 0 Å². The van der Waals surface area contributed by atoms with Crippen molar-refractivity contribution >= 4 is 5.91 Å². The quantitative estimate of drug-likeness (QED) is 0.885. The van der Waals surface area contributed by atoms with Crippen LogP contribution in [-0.4, -0.2) is 19.1 Å². The van der Waals surface area contributed by atoms with E-state index in [0.29, 0.717) is 23.0 Å². The van der Waals surface area contributed by atoms with Gasteiger partial charge >= 0.3 is 0 Å². The largest absolute Gasteiger partial charge is 0.493 e. The van der Waals surface area contributed by atoms with Gasteiger partial charge in [0.15, 0.2) is 17.3 Å². The second-order valence-electron chi connectivity index (χ2n) is 5.66. The summed E-state index contributed by atoms with van der Waals surface area (Å²) in [5.41, 5.74) is 0. The molecule has 1 aliphatic carbocycles. The zero-order valence-corrected chi connectivity index (χ0v) is 13.2. The number of carbonyl (C=O) groups excluding carboxylic acids is 1. The van der Waals surface area contributed by atoms with E-state index in [2.05, 4.69) is 5.32 Å². The Hall–Kier alpha value is -2.43. The van der Waals surface area contributed by atoms with E-state index in [-0.39, 0.29) is 18.6 Å². The monoisotopic (exact) mass is 315 g/mol. The fourth-order valence-corrected chi connectivity index (χ4v) is 2.79. The highest BCUT2D eigenvalue weighted by Gasteiger charge is 2.20. The molecule has 23 heavy (non-hydrogen) atoms. The molecule has 0 radical (unpaired) electrons. The molecule has 0 atom stereocenters. The third-order valence-electron chi connectivity index (χ3n) is 4.01. The number of amides is 1. The van der Waals surface area contributed by atoms with Gasteiger partial charge in [-0.2, -0.15) is 0 Å². The number of hydrogen-bond donors (Lipinski definition) is 1. The fraction of sp³-hybridized carbons (Fsp3) is 0.389. The van der Waals surface area contributed by atoms with Gasteiger partial charge in [0.05, 0.1) is 7.11 Å². The summed E-state index contributed by atoms with van der Waals surface area (Å²) < 4.78 is 16.5. The lowest BCUT2D eigenvalue weighted by Crippen LogP contribution is -2.32. The zero-order valence-electron chi connectivity index (χ0n) is 13.2. The van der Waals surface area contributed by atoms with Crippen LogP contribution in [0.25, 0.3) is 0 Å². The highest BCUT2D eigenvalue weighted by Crippen LogP contribution is 2.27. The fourth-order valence-electron chi connectivity index (χ4n) is 2.79. The van der Waals surface area contributed by atoms with E-state index in [4.69, 9.17) is 13.9 Å². The number of benzene rings is 1. The molecule has 0 saturated heterocycles. The van der Waals surface area contributed by atoms with Crippen molar-refractivity contribution in [3.63, 3.8) is 0 Å². The summed E-state index contributed by atoms with van der Waals surface area (Å²) >= 11 is 0. The lowest BCUT2D eigenvalue weighted by Gasteiger charge is -2.10. The Morgan fingerprint density at radius 1 is 1.17 bits per heavy atom. The first-order valence-corrected chi connectivity index (χ1v) is 7.91. The van der Waals surface area contributed by atoms with Gasteiger partial charge in [0.2, 0.25) is 0 Å². The van der Waals surface area contributed by atoms with Gasteiger partial charge in [-0.3, -0.25) is 4.79 Å². The molecule has 1 aromatic carbocycles. The Labute approximate surface area is 135 Å². The third-order valence-corrected chi connectivity index (χ3v) is 4.01. The number of rotatable bonds is 6. The molecule has 1 aromatic heterocycles. The van der Waals surface area contributed by atoms with E-state index in [0.717, 1.165) is 12.8 Å². The van der Waals surface area contributed by atoms with Crippen LogP contribution in [0.15, 0.2) is 40.8 Å². The first-order valence-electron chi connectivity index (χ1n) is 7.91. The number of carbonyl (C=O) groups is 1. The van der Waals surface area contributed by atoms with E-state index in [9.17, 15) is 4.79 Å². The van der Waals surface area contributed by atoms with Crippen molar-refractivity contribution in [3.05, 3.63) is 47.9 Å². The number of para-hydroxylation sites is 2. The highest BCUT2D eigenvalue weighted by molar-refractivity contribution is 5.91. The summed E-state index contributed by atoms with van der Waals surface area (Å²) in [4.78, 5) is 12.1. The van der Waals surface area contributed by atoms with E-state index in [1.54, 1.807) is 19.2 Å². The summed E-state index contributed by atoms with van der Waals surface area (Å²) in [5.74, 6) is 2.09. The molecule has 1 saturated carbocycles. The minimum atomic E-state index is -0.152. The molecule has 2 aromatic rings. The molecule has 1 N–H and O–H groups in total. The predicted octanol–water partition coefficient (Wildman–Crippen LogP) is 3.54. The molecular formula is C18H21NO4. The van der Waals surface area contributed by atoms with Gasteiger partial charge < -0.3 is 19.2 Å². The number of hydrogen-bond acceptors (Lipinski definition) is 4. The molecule has 3 rings (SSSR count). The van der Waals surface area contributed by atoms with Gasteiger partial charge in [-0.15, -0.1) is 0 Å². The topological polar surface area (TPSA) is 60.7 Å². The Morgan fingerprint density at radius 2 is 1.91 bits per heavy atom. The van der Waals surface area contributed by atoms with Gasteiger partial charge in [0.25, 0.3) is 5.91 Å². The Morgan fingerprint density at radius 3 is 2.65 bits per heavy atom. The number of furan rings is 1. The van der Waals surface area contributed by atoms with Crippen molar-refractivity contribution in [3.8, 4) is 11.5 Å². The van der Waals surface area contributed by atoms with Crippen LogP contribution in [0.4, 0.5) is 0 Å². The summed E-state index contributed by atoms with van der Waals surface area (Å²) in [6, 6.07) is 11.1. The maximum Gasteiger partial charge on any atom is 0.287 e. The van der Waals surface area contributed by atoms with Gasteiger partial charge in [-0.05, 0) is 37.1 Å². The molecular weight excluding hydrogens is 294 g/mol. The van der Waals surface area contributed by atoms with Gasteiger partial charge in [-0.1, -0.05) is 25.0 Å². The molecule has 1 aliphatic rings. The molecule has 1 heterocycles. The lowest BCUT2D eigenvalue weighted by atomic mass is 10.2. The molecule has 5 nitrogen and oxygen atoms in total. The molecule has 0 spiro atoms. The summed E-state index contributed by atoms with van der Waals surface area (Å²) in [6.07, 6.45) is 4.47. The molecule has 0 unspecified atom stereocenters. The molecule has 122 valence electrons. The van der Waals surface area contributed by atoms with Crippen LogP contribution in [0.2, 0.25) is 0 Å². The number of ether oxygens (including phenoxy) is 2. The zero-order chi connectivity index (χ0) is 16.1. The second kappa shape index (κ2) is 7.22. The molecule has 1 amide bonds. The van der Waals surface area contributed by atoms with Gasteiger partial charge in [0, 0.05) is 6.04 Å². The Bertz CT molecular complexity index is 659. The van der Waals surface area contributed by atoms with Crippen LogP contribution in [0.5, 0.6) is 11.5 Å². The van der Waals surface area contributed by atoms with Crippen LogP contribution in [0.1, 0.15) is 42.0 Å². The summed E-state index contributed by atoms with van der Waals surface area (Å²) in [5, 5.41) is 3.01.